The fourth-order valence-corrected chi connectivity index (χ4v) is 3.43. The van der Waals surface area contributed by atoms with E-state index in [1.807, 2.05) is 12.3 Å². The first-order chi connectivity index (χ1) is 21.3. The number of fused-ring (bicyclic) bond motifs is 1. The van der Waals surface area contributed by atoms with Gasteiger partial charge >= 0.3 is 11.4 Å². The smallest absolute Gasteiger partial charge is 0.303 e. The van der Waals surface area contributed by atoms with E-state index in [-0.39, 0.29) is 22.5 Å². The van der Waals surface area contributed by atoms with E-state index in [4.69, 9.17) is 10.5 Å². The second-order valence-electron chi connectivity index (χ2n) is 9.00. The van der Waals surface area contributed by atoms with Crippen LogP contribution in [0.4, 0.5) is 28.4 Å². The number of hydrogen-bond donors (Lipinski definition) is 2. The third-order valence-corrected chi connectivity index (χ3v) is 5.65. The number of H-pyrrole nitrogens is 1. The minimum absolute atomic E-state index is 0.0185. The number of hydrazone groups is 1. The van der Waals surface area contributed by atoms with Crippen LogP contribution in [0.2, 0.25) is 0 Å². The van der Waals surface area contributed by atoms with Crippen molar-refractivity contribution >= 4 is 45.6 Å². The van der Waals surface area contributed by atoms with Crippen LogP contribution in [-0.2, 0) is 4.74 Å². The van der Waals surface area contributed by atoms with E-state index in [0.717, 1.165) is 60.8 Å². The molecule has 1 fully saturated rings. The van der Waals surface area contributed by atoms with E-state index in [1.54, 1.807) is 26.5 Å². The van der Waals surface area contributed by atoms with Crippen molar-refractivity contribution in [2.24, 2.45) is 5.10 Å². The molecule has 20 nitrogen and oxygen atoms in total. The predicted octanol–water partition coefficient (Wildman–Crippen LogP) is 3.94. The lowest BCUT2D eigenvalue weighted by Crippen LogP contribution is -2.05. The van der Waals surface area contributed by atoms with Gasteiger partial charge in [0.25, 0.3) is 11.4 Å². The van der Waals surface area contributed by atoms with Crippen molar-refractivity contribution in [2.75, 3.05) is 33.0 Å². The maximum atomic E-state index is 10.7. The highest BCUT2D eigenvalue weighted by molar-refractivity contribution is 5.90. The number of aromatic nitrogens is 4. The Morgan fingerprint density at radius 1 is 0.822 bits per heavy atom. The van der Waals surface area contributed by atoms with Gasteiger partial charge in [0.1, 0.15) is 30.4 Å². The fraction of sp³-hybridized carbons (Fsp3) is 0.280. The minimum Gasteiger partial charge on any atom is -0.397 e. The van der Waals surface area contributed by atoms with Gasteiger partial charge in [0, 0.05) is 38.9 Å². The summed E-state index contributed by atoms with van der Waals surface area (Å²) in [5.74, 6) is 0. The standard InChI is InChI=1S/C8H9N5O4.C7H7N3.C6H5N3O4.C4H8O/c1-11(2)10-3-6-7(12(14)15)4-9-5-8(6)13(16)17;8-6-3-9-4-7-5(6)1-2-10-7;1-4-5(8(10)11)2-7-3-6(4)9(12)13;1-2-4-5-3-1/h3-5H,1-2H3;1-4,10H,8H2;2-3H,1H3;1-4H2/b10-3+;;;. The Balaban J connectivity index is 0.000000223. The molecule has 0 amide bonds. The molecule has 5 rings (SSSR count). The van der Waals surface area contributed by atoms with Gasteiger partial charge in [0.2, 0.25) is 0 Å². The number of nitro groups is 4. The molecule has 0 saturated carbocycles. The van der Waals surface area contributed by atoms with E-state index in [1.165, 1.54) is 24.8 Å². The SMILES string of the molecule is C1CCOC1.CN(C)/N=C/c1c([N+](=O)[O-])cncc1[N+](=O)[O-].Cc1c([N+](=O)[O-])cncc1[N+](=O)[O-].Nc1cncc2[nH]ccc12. The number of aromatic amines is 1. The monoisotopic (exact) mass is 627 g/mol. The van der Waals surface area contributed by atoms with E-state index < -0.39 is 31.1 Å². The summed E-state index contributed by atoms with van der Waals surface area (Å²) in [5, 5.41) is 48.3. The molecular formula is C25H29N11O9. The summed E-state index contributed by atoms with van der Waals surface area (Å²) in [5.41, 5.74) is 5.58. The first kappa shape index (κ1) is 35.0. The minimum atomic E-state index is -0.739. The number of nitrogens with zero attached hydrogens (tertiary/aromatic N) is 9. The Kier molecular flexibility index (Phi) is 13.3. The van der Waals surface area contributed by atoms with Crippen LogP contribution in [-0.4, -0.2) is 78.2 Å². The summed E-state index contributed by atoms with van der Waals surface area (Å²) in [6.45, 7) is 3.32. The molecule has 0 spiro atoms. The van der Waals surface area contributed by atoms with Gasteiger partial charge < -0.3 is 20.5 Å². The quantitative estimate of drug-likeness (QED) is 0.174. The number of hydrogen-bond acceptors (Lipinski definition) is 15. The van der Waals surface area contributed by atoms with Crippen molar-refractivity contribution in [2.45, 2.75) is 19.8 Å². The zero-order valence-electron chi connectivity index (χ0n) is 24.3. The van der Waals surface area contributed by atoms with Crippen molar-refractivity contribution in [3.63, 3.8) is 0 Å². The summed E-state index contributed by atoms with van der Waals surface area (Å²) in [4.78, 5) is 53.0. The average Bonchev–Trinajstić information content (AvgIpc) is 3.73. The molecule has 45 heavy (non-hydrogen) atoms. The molecule has 5 heterocycles. The number of anilines is 1. The van der Waals surface area contributed by atoms with Crippen LogP contribution < -0.4 is 5.73 Å². The summed E-state index contributed by atoms with van der Waals surface area (Å²) in [6.07, 6.45) is 12.8. The molecule has 4 aromatic rings. The van der Waals surface area contributed by atoms with Gasteiger partial charge in [-0.1, -0.05) is 0 Å². The van der Waals surface area contributed by atoms with Crippen molar-refractivity contribution in [1.29, 1.82) is 0 Å². The van der Waals surface area contributed by atoms with Gasteiger partial charge in [0.05, 0.1) is 49.5 Å². The lowest BCUT2D eigenvalue weighted by atomic mass is 10.2. The Labute approximate surface area is 254 Å². The van der Waals surface area contributed by atoms with E-state index in [2.05, 4.69) is 25.0 Å². The Morgan fingerprint density at radius 2 is 1.29 bits per heavy atom. The molecule has 1 aliphatic heterocycles. The van der Waals surface area contributed by atoms with Crippen LogP contribution in [0.5, 0.6) is 0 Å². The van der Waals surface area contributed by atoms with Crippen LogP contribution in [0.15, 0.2) is 54.5 Å². The maximum absolute atomic E-state index is 10.7. The zero-order chi connectivity index (χ0) is 33.5. The second-order valence-corrected chi connectivity index (χ2v) is 9.00. The average molecular weight is 628 g/mol. The van der Waals surface area contributed by atoms with E-state index >= 15 is 0 Å². The van der Waals surface area contributed by atoms with Crippen LogP contribution >= 0.6 is 0 Å². The molecule has 0 unspecified atom stereocenters. The largest absolute Gasteiger partial charge is 0.397 e. The first-order valence-corrected chi connectivity index (χ1v) is 12.8. The second kappa shape index (κ2) is 17.1. The van der Waals surface area contributed by atoms with Gasteiger partial charge in [-0.15, -0.1) is 0 Å². The van der Waals surface area contributed by atoms with E-state index in [9.17, 15) is 40.5 Å². The molecule has 1 saturated heterocycles. The molecule has 20 heteroatoms. The molecule has 4 aromatic heterocycles. The Hall–Kier alpha value is -6.18. The molecule has 238 valence electrons. The predicted molar refractivity (Wildman–Crippen MR) is 162 cm³/mol. The zero-order valence-corrected chi connectivity index (χ0v) is 24.3. The highest BCUT2D eigenvalue weighted by atomic mass is 16.6. The number of rotatable bonds is 6. The summed E-state index contributed by atoms with van der Waals surface area (Å²) >= 11 is 0. The number of nitrogen functional groups attached to an aromatic ring is 1. The molecule has 1 aliphatic rings. The Morgan fingerprint density at radius 3 is 1.69 bits per heavy atom. The van der Waals surface area contributed by atoms with Gasteiger partial charge in [-0.3, -0.25) is 55.4 Å². The highest BCUT2D eigenvalue weighted by Crippen LogP contribution is 2.25. The molecule has 0 radical (unpaired) electrons. The van der Waals surface area contributed by atoms with Crippen molar-refractivity contribution in [3.8, 4) is 0 Å². The van der Waals surface area contributed by atoms with Gasteiger partial charge in [-0.05, 0) is 25.8 Å². The third-order valence-electron chi connectivity index (χ3n) is 5.65. The van der Waals surface area contributed by atoms with Gasteiger partial charge in [-0.25, -0.2) is 0 Å². The van der Waals surface area contributed by atoms with Crippen molar-refractivity contribution in [3.05, 3.63) is 101 Å². The van der Waals surface area contributed by atoms with E-state index in [0.29, 0.717) is 0 Å². The van der Waals surface area contributed by atoms with Crippen molar-refractivity contribution in [1.82, 2.24) is 24.9 Å². The summed E-state index contributed by atoms with van der Waals surface area (Å²) in [6, 6.07) is 1.94. The lowest BCUT2D eigenvalue weighted by Gasteiger charge is -2.03. The van der Waals surface area contributed by atoms with Crippen LogP contribution in [0.25, 0.3) is 10.9 Å². The number of ether oxygens (including phenoxy) is 1. The van der Waals surface area contributed by atoms with Gasteiger partial charge in [0.15, 0.2) is 5.56 Å². The molecular weight excluding hydrogens is 598 g/mol. The fourth-order valence-electron chi connectivity index (χ4n) is 3.43. The summed E-state index contributed by atoms with van der Waals surface area (Å²) < 4.78 is 4.94. The highest BCUT2D eigenvalue weighted by Gasteiger charge is 2.24. The molecule has 0 atom stereocenters. The number of nitrogens with one attached hydrogen (secondary N) is 1. The molecule has 3 N–H and O–H groups in total. The number of pyridine rings is 3. The van der Waals surface area contributed by atoms with Crippen LogP contribution in [0.3, 0.4) is 0 Å². The first-order valence-electron chi connectivity index (χ1n) is 12.8. The topological polar surface area (TPSA) is 278 Å². The van der Waals surface area contributed by atoms with Crippen molar-refractivity contribution < 1.29 is 24.4 Å². The van der Waals surface area contributed by atoms with Crippen LogP contribution in [0, 0.1) is 47.4 Å². The number of nitrogens with two attached hydrogens (primary N) is 1. The normalized spacial score (nSPS) is 11.7. The summed E-state index contributed by atoms with van der Waals surface area (Å²) in [7, 11) is 3.19. The molecule has 0 bridgehead atoms. The van der Waals surface area contributed by atoms with Gasteiger partial charge in [-0.2, -0.15) is 5.10 Å². The molecule has 0 aromatic carbocycles. The molecule has 0 aliphatic carbocycles. The van der Waals surface area contributed by atoms with Crippen LogP contribution in [0.1, 0.15) is 24.0 Å². The Bertz CT molecular complexity index is 1600. The third kappa shape index (κ3) is 10.6. The maximum Gasteiger partial charge on any atom is 0.303 e. The lowest BCUT2D eigenvalue weighted by molar-refractivity contribution is -0.395.